The molecule has 4 nitrogen and oxygen atoms in total. The molecule has 23 heavy (non-hydrogen) atoms. The van der Waals surface area contributed by atoms with Crippen molar-refractivity contribution in [2.45, 2.75) is 33.6 Å². The number of hydrogen-bond acceptors (Lipinski definition) is 3. The van der Waals surface area contributed by atoms with Crippen LogP contribution in [-0.4, -0.2) is 21.5 Å². The number of nitrogens with zero attached hydrogens (tertiary/aromatic N) is 3. The summed E-state index contributed by atoms with van der Waals surface area (Å²) in [6.45, 7) is 8.40. The van der Waals surface area contributed by atoms with Crippen molar-refractivity contribution in [3.8, 4) is 17.0 Å². The van der Waals surface area contributed by atoms with Gasteiger partial charge in [0.1, 0.15) is 5.75 Å². The lowest BCUT2D eigenvalue weighted by molar-refractivity contribution is 0.416. The molecule has 2 heterocycles. The number of halogens is 1. The Morgan fingerprint density at radius 2 is 1.91 bits per heavy atom. The number of aromatic nitrogens is 3. The zero-order valence-corrected chi connectivity index (χ0v) is 15.6. The molecule has 0 unspecified atom stereocenters. The second-order valence-corrected chi connectivity index (χ2v) is 6.80. The van der Waals surface area contributed by atoms with E-state index in [9.17, 15) is 0 Å². The van der Waals surface area contributed by atoms with Gasteiger partial charge in [0, 0.05) is 17.5 Å². The Hall–Kier alpha value is -1.88. The van der Waals surface area contributed by atoms with Crippen LogP contribution < -0.4 is 4.74 Å². The molecule has 3 aromatic rings. The van der Waals surface area contributed by atoms with Gasteiger partial charge in [-0.05, 0) is 53.4 Å². The lowest BCUT2D eigenvalue weighted by atomic mass is 9.99. The Kier molecular flexibility index (Phi) is 4.15. The summed E-state index contributed by atoms with van der Waals surface area (Å²) in [5.74, 6) is 1.98. The van der Waals surface area contributed by atoms with Gasteiger partial charge in [-0.3, -0.25) is 4.40 Å². The summed E-state index contributed by atoms with van der Waals surface area (Å²) in [4.78, 5) is 9.27. The van der Waals surface area contributed by atoms with Crippen LogP contribution in [0.2, 0.25) is 0 Å². The first kappa shape index (κ1) is 16.0. The molecule has 0 radical (unpaired) electrons. The van der Waals surface area contributed by atoms with Crippen molar-refractivity contribution in [2.75, 3.05) is 7.11 Å². The van der Waals surface area contributed by atoms with Gasteiger partial charge in [-0.25, -0.2) is 9.97 Å². The van der Waals surface area contributed by atoms with Crippen LogP contribution in [0, 0.1) is 13.8 Å². The Morgan fingerprint density at radius 1 is 1.17 bits per heavy atom. The van der Waals surface area contributed by atoms with Crippen molar-refractivity contribution < 1.29 is 4.74 Å². The minimum atomic E-state index is 0.452. The fraction of sp³-hybridized carbons (Fsp3) is 0.333. The summed E-state index contributed by atoms with van der Waals surface area (Å²) in [7, 11) is 1.69. The van der Waals surface area contributed by atoms with E-state index in [0.29, 0.717) is 11.7 Å². The summed E-state index contributed by atoms with van der Waals surface area (Å²) < 4.78 is 8.55. The number of rotatable bonds is 3. The van der Waals surface area contributed by atoms with Crippen LogP contribution in [0.3, 0.4) is 0 Å². The highest BCUT2D eigenvalue weighted by Gasteiger charge is 2.15. The van der Waals surface area contributed by atoms with E-state index in [1.165, 1.54) is 5.56 Å². The maximum Gasteiger partial charge on any atom is 0.234 e. The van der Waals surface area contributed by atoms with E-state index < -0.39 is 0 Å². The lowest BCUT2D eigenvalue weighted by Crippen LogP contribution is -1.97. The number of imidazole rings is 1. The number of benzene rings is 1. The van der Waals surface area contributed by atoms with E-state index >= 15 is 0 Å². The summed E-state index contributed by atoms with van der Waals surface area (Å²) in [6, 6.07) is 6.27. The zero-order chi connectivity index (χ0) is 16.7. The molecule has 0 saturated heterocycles. The van der Waals surface area contributed by atoms with E-state index in [-0.39, 0.29) is 0 Å². The van der Waals surface area contributed by atoms with E-state index in [1.807, 2.05) is 23.6 Å². The predicted octanol–water partition coefficient (Wildman–Crippen LogP) is 4.91. The van der Waals surface area contributed by atoms with Gasteiger partial charge in [-0.1, -0.05) is 19.9 Å². The normalized spacial score (nSPS) is 11.4. The third-order valence-corrected chi connectivity index (χ3v) is 5.27. The molecular weight excluding hydrogens is 354 g/mol. The van der Waals surface area contributed by atoms with Gasteiger partial charge < -0.3 is 4.74 Å². The molecule has 0 saturated carbocycles. The fourth-order valence-electron chi connectivity index (χ4n) is 2.68. The van der Waals surface area contributed by atoms with Crippen molar-refractivity contribution in [2.24, 2.45) is 0 Å². The molecule has 2 aromatic heterocycles. The zero-order valence-electron chi connectivity index (χ0n) is 14.0. The van der Waals surface area contributed by atoms with Gasteiger partial charge >= 0.3 is 0 Å². The van der Waals surface area contributed by atoms with E-state index in [4.69, 9.17) is 9.72 Å². The Bertz CT molecular complexity index is 884. The van der Waals surface area contributed by atoms with E-state index in [0.717, 1.165) is 32.9 Å². The van der Waals surface area contributed by atoms with Gasteiger partial charge in [0.05, 0.1) is 23.0 Å². The van der Waals surface area contributed by atoms with Crippen molar-refractivity contribution >= 4 is 21.7 Å². The number of fused-ring (bicyclic) bond motifs is 1. The highest BCUT2D eigenvalue weighted by Crippen LogP contribution is 2.33. The smallest absolute Gasteiger partial charge is 0.234 e. The largest absolute Gasteiger partial charge is 0.496 e. The fourth-order valence-corrected chi connectivity index (χ4v) is 2.96. The number of ether oxygens (including phenoxy) is 1. The SMILES string of the molecule is COc1ccc(C(C)C)cc1-c1cn2c(C)c(Br)c(C)nc2n1. The summed E-state index contributed by atoms with van der Waals surface area (Å²) in [5.41, 5.74) is 5.16. The van der Waals surface area contributed by atoms with E-state index in [2.05, 4.69) is 53.8 Å². The summed E-state index contributed by atoms with van der Waals surface area (Å²) in [6.07, 6.45) is 2.02. The second-order valence-electron chi connectivity index (χ2n) is 6.01. The minimum Gasteiger partial charge on any atom is -0.496 e. The van der Waals surface area contributed by atoms with Crippen LogP contribution in [0.1, 0.15) is 36.7 Å². The molecule has 0 spiro atoms. The third kappa shape index (κ3) is 2.74. The maximum atomic E-state index is 5.53. The maximum absolute atomic E-state index is 5.53. The molecule has 5 heteroatoms. The summed E-state index contributed by atoms with van der Waals surface area (Å²) >= 11 is 3.59. The first-order chi connectivity index (χ1) is 10.9. The van der Waals surface area contributed by atoms with Crippen LogP contribution in [0.5, 0.6) is 5.75 Å². The molecule has 0 fully saturated rings. The van der Waals surface area contributed by atoms with Crippen LogP contribution in [0.25, 0.3) is 17.0 Å². The molecule has 0 N–H and O–H groups in total. The van der Waals surface area contributed by atoms with Gasteiger partial charge in [0.25, 0.3) is 0 Å². The third-order valence-electron chi connectivity index (χ3n) is 4.12. The molecule has 0 bridgehead atoms. The van der Waals surface area contributed by atoms with Crippen LogP contribution in [0.4, 0.5) is 0 Å². The molecule has 0 aliphatic rings. The van der Waals surface area contributed by atoms with Gasteiger partial charge in [-0.2, -0.15) is 0 Å². The molecule has 0 aliphatic carbocycles. The van der Waals surface area contributed by atoms with Crippen LogP contribution >= 0.6 is 15.9 Å². The molecule has 0 atom stereocenters. The Morgan fingerprint density at radius 3 is 2.57 bits per heavy atom. The summed E-state index contributed by atoms with van der Waals surface area (Å²) in [5, 5.41) is 0. The highest BCUT2D eigenvalue weighted by atomic mass is 79.9. The number of aryl methyl sites for hydroxylation is 2. The Balaban J connectivity index is 2.24. The quantitative estimate of drug-likeness (QED) is 0.654. The van der Waals surface area contributed by atoms with Gasteiger partial charge in [0.15, 0.2) is 0 Å². The number of methoxy groups -OCH3 is 1. The molecule has 120 valence electrons. The molecular formula is C18H20BrN3O. The van der Waals surface area contributed by atoms with E-state index in [1.54, 1.807) is 7.11 Å². The Labute approximate surface area is 144 Å². The predicted molar refractivity (Wildman–Crippen MR) is 96.2 cm³/mol. The molecule has 0 aliphatic heterocycles. The van der Waals surface area contributed by atoms with Gasteiger partial charge in [-0.15, -0.1) is 0 Å². The average Bonchev–Trinajstić information content (AvgIpc) is 2.95. The van der Waals surface area contributed by atoms with Crippen molar-refractivity contribution in [1.29, 1.82) is 0 Å². The second kappa shape index (κ2) is 5.96. The molecule has 3 rings (SSSR count). The van der Waals surface area contributed by atoms with Crippen LogP contribution in [0.15, 0.2) is 28.9 Å². The highest BCUT2D eigenvalue weighted by molar-refractivity contribution is 9.10. The van der Waals surface area contributed by atoms with Crippen molar-refractivity contribution in [3.63, 3.8) is 0 Å². The van der Waals surface area contributed by atoms with Gasteiger partial charge in [0.2, 0.25) is 5.78 Å². The first-order valence-corrected chi connectivity index (χ1v) is 8.41. The van der Waals surface area contributed by atoms with Crippen LogP contribution in [-0.2, 0) is 0 Å². The molecule has 1 aromatic carbocycles. The van der Waals surface area contributed by atoms with Crippen molar-refractivity contribution in [3.05, 3.63) is 45.8 Å². The first-order valence-electron chi connectivity index (χ1n) is 7.62. The minimum absolute atomic E-state index is 0.452. The lowest BCUT2D eigenvalue weighted by Gasteiger charge is -2.11. The molecule has 0 amide bonds. The topological polar surface area (TPSA) is 39.4 Å². The average molecular weight is 374 g/mol. The van der Waals surface area contributed by atoms with Crippen molar-refractivity contribution in [1.82, 2.24) is 14.4 Å². The monoisotopic (exact) mass is 373 g/mol. The standard InChI is InChI=1S/C18H20BrN3O/c1-10(2)13-6-7-16(23-5)14(8-13)15-9-22-12(4)17(19)11(3)20-18(22)21-15/h6-10H,1-5H3. The number of hydrogen-bond donors (Lipinski definition) is 0.